The van der Waals surface area contributed by atoms with E-state index < -0.39 is 16.1 Å². The van der Waals surface area contributed by atoms with Crippen LogP contribution in [0.3, 0.4) is 0 Å². The molecule has 2 aromatic heterocycles. The highest BCUT2D eigenvalue weighted by Gasteiger charge is 2.34. The fraction of sp³-hybridized carbons (Fsp3) is 0.500. The van der Waals surface area contributed by atoms with Crippen LogP contribution in [0.1, 0.15) is 23.2 Å². The summed E-state index contributed by atoms with van der Waals surface area (Å²) in [7, 11) is -1.89. The lowest BCUT2D eigenvalue weighted by Crippen LogP contribution is -2.42. The predicted molar refractivity (Wildman–Crippen MR) is 82.2 cm³/mol. The van der Waals surface area contributed by atoms with Gasteiger partial charge in [0.2, 0.25) is 10.0 Å². The van der Waals surface area contributed by atoms with Crippen molar-refractivity contribution in [1.29, 1.82) is 0 Å². The van der Waals surface area contributed by atoms with Gasteiger partial charge in [-0.25, -0.2) is 8.42 Å². The molecular weight excluding hydrogens is 318 g/mol. The van der Waals surface area contributed by atoms with Gasteiger partial charge < -0.3 is 4.74 Å². The third-order valence-corrected chi connectivity index (χ3v) is 5.71. The first-order valence-corrected chi connectivity index (χ1v) is 8.72. The first-order chi connectivity index (χ1) is 10.9. The molecule has 9 heteroatoms. The number of aryl methyl sites for hydroxylation is 3. The normalized spacial score (nSPS) is 19.9. The third kappa shape index (κ3) is 3.12. The highest BCUT2D eigenvalue weighted by Crippen LogP contribution is 2.26. The van der Waals surface area contributed by atoms with Crippen molar-refractivity contribution in [2.24, 2.45) is 7.05 Å². The smallest absolute Gasteiger partial charge is 0.246 e. The third-order valence-electron chi connectivity index (χ3n) is 3.75. The van der Waals surface area contributed by atoms with Gasteiger partial charge in [0.05, 0.1) is 29.9 Å². The Bertz CT molecular complexity index is 800. The van der Waals surface area contributed by atoms with Crippen molar-refractivity contribution in [3.05, 3.63) is 35.7 Å². The van der Waals surface area contributed by atoms with Crippen molar-refractivity contribution in [2.75, 3.05) is 19.7 Å². The molecule has 1 atom stereocenters. The van der Waals surface area contributed by atoms with Crippen LogP contribution in [0, 0.1) is 13.8 Å². The van der Waals surface area contributed by atoms with Crippen molar-refractivity contribution >= 4 is 10.0 Å². The fourth-order valence-corrected chi connectivity index (χ4v) is 4.19. The van der Waals surface area contributed by atoms with E-state index in [9.17, 15) is 8.42 Å². The van der Waals surface area contributed by atoms with Crippen molar-refractivity contribution in [1.82, 2.24) is 24.1 Å². The zero-order valence-electron chi connectivity index (χ0n) is 13.3. The molecule has 0 saturated carbocycles. The van der Waals surface area contributed by atoms with E-state index in [2.05, 4.69) is 15.1 Å². The monoisotopic (exact) mass is 337 g/mol. The van der Waals surface area contributed by atoms with E-state index in [1.807, 2.05) is 6.92 Å². The zero-order valence-corrected chi connectivity index (χ0v) is 14.1. The van der Waals surface area contributed by atoms with Gasteiger partial charge in [-0.1, -0.05) is 0 Å². The molecule has 1 aliphatic heterocycles. The molecule has 0 amide bonds. The number of nitrogens with zero attached hydrogens (tertiary/aromatic N) is 5. The zero-order chi connectivity index (χ0) is 16.6. The number of aromatic nitrogens is 4. The molecule has 1 fully saturated rings. The minimum atomic E-state index is -3.60. The van der Waals surface area contributed by atoms with Crippen LogP contribution in [0.15, 0.2) is 23.5 Å². The number of ether oxygens (including phenoxy) is 1. The molecule has 0 bridgehead atoms. The van der Waals surface area contributed by atoms with E-state index in [1.165, 1.54) is 15.2 Å². The lowest BCUT2D eigenvalue weighted by Gasteiger charge is -2.31. The molecule has 3 rings (SSSR count). The van der Waals surface area contributed by atoms with Crippen LogP contribution in [-0.4, -0.2) is 52.2 Å². The Labute approximate surface area is 135 Å². The molecule has 0 aliphatic carbocycles. The Morgan fingerprint density at radius 1 is 1.26 bits per heavy atom. The minimum absolute atomic E-state index is 0.217. The maximum atomic E-state index is 12.8. The largest absolute Gasteiger partial charge is 0.369 e. The number of hydrogen-bond acceptors (Lipinski definition) is 6. The van der Waals surface area contributed by atoms with Crippen LogP contribution in [0.4, 0.5) is 0 Å². The molecule has 1 saturated heterocycles. The summed E-state index contributed by atoms with van der Waals surface area (Å²) in [6.45, 7) is 4.39. The molecule has 1 aliphatic rings. The Hall–Kier alpha value is -1.84. The van der Waals surface area contributed by atoms with Gasteiger partial charge in [0.1, 0.15) is 11.0 Å². The SMILES string of the molecule is Cc1cnc([C@@H]2CN(S(=O)(=O)c3cn(C)nc3C)CCO2)cn1. The van der Waals surface area contributed by atoms with Gasteiger partial charge in [-0.05, 0) is 13.8 Å². The number of morpholine rings is 1. The lowest BCUT2D eigenvalue weighted by atomic mass is 10.2. The Morgan fingerprint density at radius 3 is 2.65 bits per heavy atom. The van der Waals surface area contributed by atoms with Crippen LogP contribution < -0.4 is 0 Å². The van der Waals surface area contributed by atoms with Gasteiger partial charge >= 0.3 is 0 Å². The summed E-state index contributed by atoms with van der Waals surface area (Å²) < 4.78 is 34.3. The number of sulfonamides is 1. The van der Waals surface area contributed by atoms with E-state index >= 15 is 0 Å². The highest BCUT2D eigenvalue weighted by atomic mass is 32.2. The summed E-state index contributed by atoms with van der Waals surface area (Å²) in [4.78, 5) is 8.71. The van der Waals surface area contributed by atoms with Gasteiger partial charge in [-0.2, -0.15) is 9.40 Å². The first kappa shape index (κ1) is 16.0. The average Bonchev–Trinajstić information content (AvgIpc) is 2.87. The molecule has 0 N–H and O–H groups in total. The second-order valence-corrected chi connectivity index (χ2v) is 7.46. The van der Waals surface area contributed by atoms with Crippen LogP contribution in [0.5, 0.6) is 0 Å². The maximum Gasteiger partial charge on any atom is 0.246 e. The average molecular weight is 337 g/mol. The van der Waals surface area contributed by atoms with Gasteiger partial charge in [-0.15, -0.1) is 0 Å². The van der Waals surface area contributed by atoms with Crippen LogP contribution in [-0.2, 0) is 21.8 Å². The van der Waals surface area contributed by atoms with Crippen LogP contribution in [0.2, 0.25) is 0 Å². The summed E-state index contributed by atoms with van der Waals surface area (Å²) in [6, 6.07) is 0. The summed E-state index contributed by atoms with van der Waals surface area (Å²) in [5.41, 5.74) is 1.93. The maximum absolute atomic E-state index is 12.8. The number of rotatable bonds is 3. The van der Waals surface area contributed by atoms with E-state index in [1.54, 1.807) is 26.4 Å². The molecule has 0 unspecified atom stereocenters. The van der Waals surface area contributed by atoms with E-state index in [0.29, 0.717) is 24.5 Å². The van der Waals surface area contributed by atoms with Gasteiger partial charge in [0.25, 0.3) is 0 Å². The predicted octanol–water partition coefficient (Wildman–Crippen LogP) is 0.589. The minimum Gasteiger partial charge on any atom is -0.369 e. The van der Waals surface area contributed by atoms with Crippen molar-refractivity contribution < 1.29 is 13.2 Å². The Kier molecular flexibility index (Phi) is 4.17. The molecule has 23 heavy (non-hydrogen) atoms. The van der Waals surface area contributed by atoms with Crippen molar-refractivity contribution in [2.45, 2.75) is 24.8 Å². The van der Waals surface area contributed by atoms with Crippen molar-refractivity contribution in [3.63, 3.8) is 0 Å². The fourth-order valence-electron chi connectivity index (χ4n) is 2.56. The summed E-state index contributed by atoms with van der Waals surface area (Å²) in [5.74, 6) is 0. The molecule has 8 nitrogen and oxygen atoms in total. The molecule has 0 radical (unpaired) electrons. The van der Waals surface area contributed by atoms with Crippen molar-refractivity contribution in [3.8, 4) is 0 Å². The van der Waals surface area contributed by atoms with E-state index in [4.69, 9.17) is 4.74 Å². The van der Waals surface area contributed by atoms with Gasteiger partial charge in [-0.3, -0.25) is 14.6 Å². The van der Waals surface area contributed by atoms with Crippen LogP contribution >= 0.6 is 0 Å². The summed E-state index contributed by atoms with van der Waals surface area (Å²) >= 11 is 0. The molecule has 124 valence electrons. The molecule has 3 heterocycles. The summed E-state index contributed by atoms with van der Waals surface area (Å²) in [5, 5.41) is 4.12. The summed E-state index contributed by atoms with van der Waals surface area (Å²) in [6.07, 6.45) is 4.40. The standard InChI is InChI=1S/C14H19N5O3S/c1-10-6-16-12(7-15-10)13-8-19(4-5-22-13)23(20,21)14-9-18(3)17-11(14)2/h6-7,9,13H,4-5,8H2,1-3H3/t13-/m0/s1. The highest BCUT2D eigenvalue weighted by molar-refractivity contribution is 7.89. The topological polar surface area (TPSA) is 90.2 Å². The van der Waals surface area contributed by atoms with E-state index in [-0.39, 0.29) is 11.4 Å². The molecule has 2 aromatic rings. The molecular formula is C14H19N5O3S. The van der Waals surface area contributed by atoms with Gasteiger partial charge in [0, 0.05) is 32.5 Å². The second-order valence-electron chi connectivity index (χ2n) is 5.56. The first-order valence-electron chi connectivity index (χ1n) is 7.28. The van der Waals surface area contributed by atoms with Gasteiger partial charge in [0.15, 0.2) is 0 Å². The second kappa shape index (κ2) is 5.99. The lowest BCUT2D eigenvalue weighted by molar-refractivity contribution is -0.00517. The van der Waals surface area contributed by atoms with E-state index in [0.717, 1.165) is 5.69 Å². The molecule has 0 spiro atoms. The Morgan fingerprint density at radius 2 is 2.04 bits per heavy atom. The quantitative estimate of drug-likeness (QED) is 0.814. The van der Waals surface area contributed by atoms with Crippen LogP contribution in [0.25, 0.3) is 0 Å². The molecule has 0 aromatic carbocycles. The Balaban J connectivity index is 1.85. The number of hydrogen-bond donors (Lipinski definition) is 0.